The van der Waals surface area contributed by atoms with Gasteiger partial charge in [0.05, 0.1) is 10.1 Å². The van der Waals surface area contributed by atoms with Gasteiger partial charge in [0.1, 0.15) is 0 Å². The van der Waals surface area contributed by atoms with Crippen molar-refractivity contribution < 1.29 is 4.57 Å². The van der Waals surface area contributed by atoms with E-state index in [1.165, 1.54) is 0 Å². The molecule has 148 valence electrons. The molecule has 3 rings (SSSR count). The van der Waals surface area contributed by atoms with Crippen LogP contribution in [0.4, 0.5) is 0 Å². The maximum absolute atomic E-state index is 14.2. The van der Waals surface area contributed by atoms with Gasteiger partial charge in [-0.25, -0.2) is 4.67 Å². The summed E-state index contributed by atoms with van der Waals surface area (Å²) in [7, 11) is -3.07. The maximum atomic E-state index is 14.2. The van der Waals surface area contributed by atoms with E-state index in [1.54, 1.807) is 11.6 Å². The third-order valence-corrected chi connectivity index (χ3v) is 8.41. The first kappa shape index (κ1) is 21.4. The highest BCUT2D eigenvalue weighted by Gasteiger charge is 2.33. The topological polar surface area (TPSA) is 20.3 Å². The van der Waals surface area contributed by atoms with Gasteiger partial charge in [-0.05, 0) is 29.4 Å². The highest BCUT2D eigenvalue weighted by atomic mass is 35.5. The lowest BCUT2D eigenvalue weighted by atomic mass is 9.94. The van der Waals surface area contributed by atoms with E-state index in [-0.39, 0.29) is 0 Å². The first-order valence-corrected chi connectivity index (χ1v) is 12.1. The average Bonchev–Trinajstić information content (AvgIpc) is 2.68. The molecule has 0 amide bonds. The minimum absolute atomic E-state index is 0.477. The van der Waals surface area contributed by atoms with Gasteiger partial charge in [-0.15, -0.1) is 0 Å². The molecule has 1 saturated heterocycles. The lowest BCUT2D eigenvalue weighted by Crippen LogP contribution is -2.35. The fourth-order valence-corrected chi connectivity index (χ4v) is 7.26. The Labute approximate surface area is 178 Å². The number of rotatable bonds is 5. The Morgan fingerprint density at radius 1 is 0.857 bits per heavy atom. The molecule has 2 aromatic carbocycles. The Balaban J connectivity index is 2.04. The highest BCUT2D eigenvalue weighted by molar-refractivity contribution is 7.68. The summed E-state index contributed by atoms with van der Waals surface area (Å²) >= 11 is 13.2. The molecule has 2 aromatic rings. The Hall–Kier alpha value is -1.31. The molecular formula is C23H26Cl2NOP. The molecule has 0 spiro atoms. The van der Waals surface area contributed by atoms with Crippen molar-refractivity contribution in [3.63, 3.8) is 0 Å². The van der Waals surface area contributed by atoms with Crippen LogP contribution in [0.3, 0.4) is 0 Å². The van der Waals surface area contributed by atoms with Crippen molar-refractivity contribution in [1.29, 1.82) is 0 Å². The number of hydrogen-bond acceptors (Lipinski definition) is 1. The predicted molar refractivity (Wildman–Crippen MR) is 123 cm³/mol. The van der Waals surface area contributed by atoms with E-state index in [1.807, 2.05) is 60.7 Å². The van der Waals surface area contributed by atoms with Crippen molar-refractivity contribution in [3.05, 3.63) is 83.4 Å². The van der Waals surface area contributed by atoms with Crippen molar-refractivity contribution in [2.24, 2.45) is 11.8 Å². The van der Waals surface area contributed by atoms with Crippen LogP contribution in [0.5, 0.6) is 0 Å². The summed E-state index contributed by atoms with van der Waals surface area (Å²) in [6.45, 7) is 5.95. The molecule has 1 aliphatic rings. The van der Waals surface area contributed by atoms with Crippen LogP contribution in [-0.4, -0.2) is 17.8 Å². The smallest absolute Gasteiger partial charge is 0.196 e. The third kappa shape index (κ3) is 5.39. The van der Waals surface area contributed by atoms with Crippen molar-refractivity contribution in [2.45, 2.75) is 20.3 Å². The zero-order chi connectivity index (χ0) is 20.1. The molecule has 2 atom stereocenters. The Morgan fingerprint density at radius 2 is 1.25 bits per heavy atom. The van der Waals surface area contributed by atoms with Gasteiger partial charge >= 0.3 is 0 Å². The normalized spacial score (nSPS) is 22.3. The molecule has 1 heterocycles. The molecule has 0 aliphatic carbocycles. The van der Waals surface area contributed by atoms with Crippen LogP contribution in [0.25, 0.3) is 10.1 Å². The lowest BCUT2D eigenvalue weighted by molar-refractivity contribution is 0.224. The summed E-state index contributed by atoms with van der Waals surface area (Å²) in [6.07, 6.45) is 1.14. The monoisotopic (exact) mass is 433 g/mol. The maximum Gasteiger partial charge on any atom is 0.196 e. The second-order valence-corrected chi connectivity index (χ2v) is 10.9. The predicted octanol–water partition coefficient (Wildman–Crippen LogP) is 7.72. The van der Waals surface area contributed by atoms with Crippen LogP contribution < -0.4 is 0 Å². The van der Waals surface area contributed by atoms with Gasteiger partial charge in [-0.2, -0.15) is 0 Å². The minimum Gasteiger partial charge on any atom is -0.297 e. The summed E-state index contributed by atoms with van der Waals surface area (Å²) in [4.78, 5) is 0. The van der Waals surface area contributed by atoms with Gasteiger partial charge < -0.3 is 0 Å². The van der Waals surface area contributed by atoms with Gasteiger partial charge in [0, 0.05) is 24.7 Å². The first-order valence-electron chi connectivity index (χ1n) is 9.60. The SMILES string of the molecule is CC1CC(C)CN(P(=O)(/C=C(\Cl)c2ccccc2)/C=C(\Cl)c2ccccc2)C1. The lowest BCUT2D eigenvalue weighted by Gasteiger charge is -2.38. The summed E-state index contributed by atoms with van der Waals surface area (Å²) < 4.78 is 16.3. The summed E-state index contributed by atoms with van der Waals surface area (Å²) in [5.41, 5.74) is 1.71. The number of halogens is 2. The molecule has 0 bridgehead atoms. The van der Waals surface area contributed by atoms with Gasteiger partial charge in [0.2, 0.25) is 0 Å². The minimum atomic E-state index is -3.07. The largest absolute Gasteiger partial charge is 0.297 e. The Kier molecular flexibility index (Phi) is 7.23. The molecule has 28 heavy (non-hydrogen) atoms. The van der Waals surface area contributed by atoms with Crippen molar-refractivity contribution in [3.8, 4) is 0 Å². The number of piperidine rings is 1. The van der Waals surface area contributed by atoms with Crippen molar-refractivity contribution in [1.82, 2.24) is 4.67 Å². The molecule has 0 aromatic heterocycles. The number of nitrogens with zero attached hydrogens (tertiary/aromatic N) is 1. The third-order valence-electron chi connectivity index (χ3n) is 4.99. The Bertz CT molecular complexity index is 826. The molecule has 0 N–H and O–H groups in total. The Morgan fingerprint density at radius 3 is 1.64 bits per heavy atom. The fraction of sp³-hybridized carbons (Fsp3) is 0.304. The zero-order valence-corrected chi connectivity index (χ0v) is 18.7. The molecule has 0 saturated carbocycles. The van der Waals surface area contributed by atoms with Crippen molar-refractivity contribution >= 4 is 40.6 Å². The second kappa shape index (κ2) is 9.46. The van der Waals surface area contributed by atoms with E-state index in [0.29, 0.717) is 21.9 Å². The number of benzene rings is 2. The van der Waals surface area contributed by atoms with Crippen LogP contribution in [0, 0.1) is 11.8 Å². The van der Waals surface area contributed by atoms with Gasteiger partial charge in [0.25, 0.3) is 0 Å². The second-order valence-electron chi connectivity index (χ2n) is 7.68. The average molecular weight is 434 g/mol. The van der Waals surface area contributed by atoms with Crippen LogP contribution in [-0.2, 0) is 4.57 Å². The number of hydrogen-bond donors (Lipinski definition) is 0. The van der Waals surface area contributed by atoms with E-state index < -0.39 is 7.29 Å². The molecule has 5 heteroatoms. The molecule has 1 aliphatic heterocycles. The first-order chi connectivity index (χ1) is 13.4. The summed E-state index contributed by atoms with van der Waals surface area (Å²) in [5.74, 6) is 4.37. The van der Waals surface area contributed by atoms with Crippen LogP contribution in [0.1, 0.15) is 31.4 Å². The van der Waals surface area contributed by atoms with Gasteiger partial charge in [-0.1, -0.05) is 97.7 Å². The van der Waals surface area contributed by atoms with E-state index >= 15 is 0 Å². The summed E-state index contributed by atoms with van der Waals surface area (Å²) in [5, 5.41) is 0.979. The zero-order valence-electron chi connectivity index (χ0n) is 16.3. The van der Waals surface area contributed by atoms with Crippen LogP contribution >= 0.6 is 30.5 Å². The highest BCUT2D eigenvalue weighted by Crippen LogP contribution is 2.58. The van der Waals surface area contributed by atoms with Crippen molar-refractivity contribution in [2.75, 3.05) is 13.1 Å². The van der Waals surface area contributed by atoms with Gasteiger partial charge in [-0.3, -0.25) is 4.57 Å². The van der Waals surface area contributed by atoms with Gasteiger partial charge in [0.15, 0.2) is 7.29 Å². The molecule has 2 unspecified atom stereocenters. The molecular weight excluding hydrogens is 408 g/mol. The van der Waals surface area contributed by atoms with Crippen LogP contribution in [0.15, 0.2) is 72.3 Å². The van der Waals surface area contributed by atoms with Crippen LogP contribution in [0.2, 0.25) is 0 Å². The summed E-state index contributed by atoms with van der Waals surface area (Å²) in [6, 6.07) is 19.3. The molecule has 0 radical (unpaired) electrons. The molecule has 2 nitrogen and oxygen atoms in total. The fourth-order valence-electron chi connectivity index (χ4n) is 3.75. The van der Waals surface area contributed by atoms with E-state index in [2.05, 4.69) is 18.5 Å². The van der Waals surface area contributed by atoms with E-state index in [0.717, 1.165) is 30.6 Å². The quantitative estimate of drug-likeness (QED) is 0.449. The van der Waals surface area contributed by atoms with E-state index in [9.17, 15) is 4.57 Å². The standard InChI is InChI=1S/C23H26Cl2NOP/c1-18-13-19(2)15-26(14-18)28(27,16-22(24)20-9-5-3-6-10-20)17-23(25)21-11-7-4-8-12-21/h3-12,16-19H,13-15H2,1-2H3/b22-16-,23-17-. The van der Waals surface area contributed by atoms with E-state index in [4.69, 9.17) is 23.2 Å². The molecule has 1 fully saturated rings.